The van der Waals surface area contributed by atoms with Gasteiger partial charge in [0, 0.05) is 5.92 Å². The van der Waals surface area contributed by atoms with Crippen LogP contribution >= 0.6 is 0 Å². The molecule has 1 nitrogen and oxygen atoms in total. The fraction of sp³-hybridized carbons (Fsp3) is 0.769. The minimum Gasteiger partial charge on any atom is -0.295 e. The molecule has 80 valence electrons. The highest BCUT2D eigenvalue weighted by Gasteiger charge is 2.38. The van der Waals surface area contributed by atoms with Crippen LogP contribution in [0.15, 0.2) is 12.2 Å². The summed E-state index contributed by atoms with van der Waals surface area (Å²) in [6.45, 7) is 8.66. The lowest BCUT2D eigenvalue weighted by Crippen LogP contribution is -2.35. The van der Waals surface area contributed by atoms with Gasteiger partial charge in [0.1, 0.15) is 0 Å². The molecule has 1 saturated carbocycles. The van der Waals surface area contributed by atoms with E-state index in [0.717, 1.165) is 12.3 Å². The van der Waals surface area contributed by atoms with E-state index >= 15 is 0 Å². The first kappa shape index (κ1) is 11.5. The summed E-state index contributed by atoms with van der Waals surface area (Å²) in [6.07, 6.45) is 7.05. The van der Waals surface area contributed by atoms with Crippen molar-refractivity contribution in [3.8, 4) is 0 Å². The molecule has 1 rings (SSSR count). The first-order valence-corrected chi connectivity index (χ1v) is 5.64. The van der Waals surface area contributed by atoms with Gasteiger partial charge in [-0.1, -0.05) is 26.8 Å². The normalized spacial score (nSPS) is 32.0. The Morgan fingerprint density at radius 1 is 1.36 bits per heavy atom. The zero-order chi connectivity index (χ0) is 10.8. The highest BCUT2D eigenvalue weighted by molar-refractivity contribution is 5.92. The number of hydrogen-bond acceptors (Lipinski definition) is 1. The Morgan fingerprint density at radius 3 is 2.50 bits per heavy atom. The molecule has 1 heteroatoms. The molecule has 0 heterocycles. The molecule has 0 bridgehead atoms. The van der Waals surface area contributed by atoms with E-state index in [9.17, 15) is 4.79 Å². The quantitative estimate of drug-likeness (QED) is 0.614. The van der Waals surface area contributed by atoms with E-state index < -0.39 is 0 Å². The van der Waals surface area contributed by atoms with Crippen molar-refractivity contribution in [3.05, 3.63) is 12.2 Å². The lowest BCUT2D eigenvalue weighted by Gasteiger charge is -2.40. The van der Waals surface area contributed by atoms with Crippen molar-refractivity contribution in [2.24, 2.45) is 17.3 Å². The third-order valence-electron chi connectivity index (χ3n) is 3.44. The third kappa shape index (κ3) is 2.46. The summed E-state index contributed by atoms with van der Waals surface area (Å²) >= 11 is 0. The second-order valence-corrected chi connectivity index (χ2v) is 5.33. The molecule has 0 saturated heterocycles. The van der Waals surface area contributed by atoms with Crippen LogP contribution in [0.3, 0.4) is 0 Å². The summed E-state index contributed by atoms with van der Waals surface area (Å²) in [4.78, 5) is 11.8. The lowest BCUT2D eigenvalue weighted by molar-refractivity contribution is -0.123. The van der Waals surface area contributed by atoms with E-state index in [1.54, 1.807) is 6.08 Å². The van der Waals surface area contributed by atoms with Crippen LogP contribution < -0.4 is 0 Å². The topological polar surface area (TPSA) is 17.1 Å². The number of ketones is 1. The molecule has 0 aromatic heterocycles. The molecule has 0 amide bonds. The maximum Gasteiger partial charge on any atom is 0.158 e. The first-order chi connectivity index (χ1) is 6.47. The van der Waals surface area contributed by atoms with E-state index in [0.29, 0.717) is 5.78 Å². The zero-order valence-corrected chi connectivity index (χ0v) is 9.84. The van der Waals surface area contributed by atoms with Gasteiger partial charge in [-0.3, -0.25) is 4.79 Å². The highest BCUT2D eigenvalue weighted by atomic mass is 16.1. The molecule has 1 aliphatic rings. The van der Waals surface area contributed by atoms with Gasteiger partial charge in [-0.05, 0) is 43.6 Å². The summed E-state index contributed by atoms with van der Waals surface area (Å²) in [5, 5.41) is 0. The van der Waals surface area contributed by atoms with Gasteiger partial charge in [0.2, 0.25) is 0 Å². The van der Waals surface area contributed by atoms with Gasteiger partial charge in [0.15, 0.2) is 5.78 Å². The van der Waals surface area contributed by atoms with Gasteiger partial charge < -0.3 is 0 Å². The molecular weight excluding hydrogens is 172 g/mol. The summed E-state index contributed by atoms with van der Waals surface area (Å²) in [6, 6.07) is 0. The molecule has 2 unspecified atom stereocenters. The van der Waals surface area contributed by atoms with Crippen LogP contribution in [-0.4, -0.2) is 5.78 Å². The summed E-state index contributed by atoms with van der Waals surface area (Å²) in [5.41, 5.74) is 0.189. The Kier molecular flexibility index (Phi) is 3.52. The van der Waals surface area contributed by atoms with Crippen molar-refractivity contribution in [1.82, 2.24) is 0 Å². The molecular formula is C13H22O. The Balaban J connectivity index is 2.74. The molecule has 1 fully saturated rings. The fourth-order valence-electron chi connectivity index (χ4n) is 2.79. The molecule has 14 heavy (non-hydrogen) atoms. The molecule has 0 N–H and O–H groups in total. The number of hydrogen-bond donors (Lipinski definition) is 0. The third-order valence-corrected chi connectivity index (χ3v) is 3.44. The van der Waals surface area contributed by atoms with Crippen molar-refractivity contribution in [2.75, 3.05) is 0 Å². The second kappa shape index (κ2) is 4.29. The first-order valence-electron chi connectivity index (χ1n) is 5.64. The Morgan fingerprint density at radius 2 is 2.00 bits per heavy atom. The molecule has 2 atom stereocenters. The van der Waals surface area contributed by atoms with Crippen LogP contribution in [0.4, 0.5) is 0 Å². The molecule has 0 spiro atoms. The van der Waals surface area contributed by atoms with Crippen molar-refractivity contribution >= 4 is 5.78 Å². The molecule has 0 aliphatic heterocycles. The molecule has 0 radical (unpaired) electrons. The van der Waals surface area contributed by atoms with E-state index in [2.05, 4.69) is 20.8 Å². The van der Waals surface area contributed by atoms with Crippen LogP contribution in [0, 0.1) is 17.3 Å². The number of carbonyl (C=O) groups is 1. The van der Waals surface area contributed by atoms with Gasteiger partial charge in [0.25, 0.3) is 0 Å². The molecule has 0 aromatic rings. The minimum atomic E-state index is 0.189. The predicted molar refractivity (Wildman–Crippen MR) is 60.1 cm³/mol. The van der Waals surface area contributed by atoms with Crippen LogP contribution in [-0.2, 0) is 4.79 Å². The maximum atomic E-state index is 11.8. The standard InChI is InChI=1S/C13H22O/c1-5-6-12(14)11-8-7-10(2)9-13(11,3)4/h5-6,10-11H,7-9H2,1-4H3. The van der Waals surface area contributed by atoms with Crippen LogP contribution in [0.2, 0.25) is 0 Å². The van der Waals surface area contributed by atoms with Crippen molar-refractivity contribution in [2.45, 2.75) is 47.0 Å². The minimum absolute atomic E-state index is 0.189. The molecule has 0 aromatic carbocycles. The van der Waals surface area contributed by atoms with Crippen molar-refractivity contribution < 1.29 is 4.79 Å². The van der Waals surface area contributed by atoms with E-state index in [-0.39, 0.29) is 11.3 Å². The molecule has 1 aliphatic carbocycles. The lowest BCUT2D eigenvalue weighted by atomic mass is 9.64. The second-order valence-electron chi connectivity index (χ2n) is 5.33. The van der Waals surface area contributed by atoms with Gasteiger partial charge >= 0.3 is 0 Å². The van der Waals surface area contributed by atoms with E-state index in [1.165, 1.54) is 12.8 Å². The smallest absolute Gasteiger partial charge is 0.158 e. The monoisotopic (exact) mass is 194 g/mol. The van der Waals surface area contributed by atoms with Gasteiger partial charge in [-0.2, -0.15) is 0 Å². The van der Waals surface area contributed by atoms with Crippen molar-refractivity contribution in [3.63, 3.8) is 0 Å². The number of rotatable bonds is 2. The van der Waals surface area contributed by atoms with Crippen LogP contribution in [0.5, 0.6) is 0 Å². The predicted octanol–water partition coefficient (Wildman–Crippen LogP) is 3.59. The highest BCUT2D eigenvalue weighted by Crippen LogP contribution is 2.43. The average molecular weight is 194 g/mol. The SMILES string of the molecule is CC=CC(=O)C1CCC(C)CC1(C)C. The van der Waals surface area contributed by atoms with Gasteiger partial charge in [0.05, 0.1) is 0 Å². The van der Waals surface area contributed by atoms with Gasteiger partial charge in [-0.25, -0.2) is 0 Å². The largest absolute Gasteiger partial charge is 0.295 e. The Hall–Kier alpha value is -0.590. The number of allylic oxidation sites excluding steroid dienone is 2. The Labute approximate surface area is 87.6 Å². The van der Waals surface area contributed by atoms with Crippen molar-refractivity contribution in [1.29, 1.82) is 0 Å². The summed E-state index contributed by atoms with van der Waals surface area (Å²) in [5.74, 6) is 1.35. The van der Waals surface area contributed by atoms with Crippen LogP contribution in [0.1, 0.15) is 47.0 Å². The van der Waals surface area contributed by atoms with E-state index in [1.807, 2.05) is 13.0 Å². The summed E-state index contributed by atoms with van der Waals surface area (Å²) in [7, 11) is 0. The Bertz CT molecular complexity index is 238. The fourth-order valence-corrected chi connectivity index (χ4v) is 2.79. The summed E-state index contributed by atoms with van der Waals surface area (Å²) < 4.78 is 0. The average Bonchev–Trinajstić information content (AvgIpc) is 2.01. The number of carbonyl (C=O) groups excluding carboxylic acids is 1. The maximum absolute atomic E-state index is 11.8. The van der Waals surface area contributed by atoms with Gasteiger partial charge in [-0.15, -0.1) is 0 Å². The van der Waals surface area contributed by atoms with E-state index in [4.69, 9.17) is 0 Å². The zero-order valence-electron chi connectivity index (χ0n) is 9.84. The van der Waals surface area contributed by atoms with Crippen LogP contribution in [0.25, 0.3) is 0 Å².